The van der Waals surface area contributed by atoms with Crippen LogP contribution in [-0.2, 0) is 4.79 Å². The smallest absolute Gasteiger partial charge is 0.306 e. The van der Waals surface area contributed by atoms with Crippen molar-refractivity contribution in [3.8, 4) is 0 Å². The molecule has 1 aromatic carbocycles. The first-order valence-electron chi connectivity index (χ1n) is 7.68. The fourth-order valence-corrected chi connectivity index (χ4v) is 3.15. The van der Waals surface area contributed by atoms with Gasteiger partial charge in [0.1, 0.15) is 11.4 Å². The zero-order valence-corrected chi connectivity index (χ0v) is 12.8. The summed E-state index contributed by atoms with van der Waals surface area (Å²) < 4.78 is 18.9. The minimum atomic E-state index is -0.773. The molecule has 1 heterocycles. The van der Waals surface area contributed by atoms with Crippen LogP contribution in [0.4, 0.5) is 4.39 Å². The number of fused-ring (bicyclic) bond motifs is 1. The summed E-state index contributed by atoms with van der Waals surface area (Å²) in [4.78, 5) is 23.3. The van der Waals surface area contributed by atoms with E-state index in [1.807, 2.05) is 0 Å². The van der Waals surface area contributed by atoms with Gasteiger partial charge < -0.3 is 14.8 Å². The van der Waals surface area contributed by atoms with Crippen molar-refractivity contribution >= 4 is 22.8 Å². The number of carbonyl (C=O) groups is 2. The van der Waals surface area contributed by atoms with Crippen molar-refractivity contribution in [3.05, 3.63) is 35.3 Å². The Morgan fingerprint density at radius 3 is 2.61 bits per heavy atom. The highest BCUT2D eigenvalue weighted by molar-refractivity contribution is 5.99. The molecule has 5 nitrogen and oxygen atoms in total. The highest BCUT2D eigenvalue weighted by atomic mass is 19.1. The number of nitrogens with one attached hydrogen (secondary N) is 1. The molecule has 1 saturated carbocycles. The molecule has 0 saturated heterocycles. The van der Waals surface area contributed by atoms with Crippen LogP contribution >= 0.6 is 0 Å². The third kappa shape index (κ3) is 3.06. The number of halogens is 1. The number of aliphatic carboxylic acids is 1. The minimum Gasteiger partial charge on any atom is -0.481 e. The molecule has 2 N–H and O–H groups in total. The number of amides is 1. The van der Waals surface area contributed by atoms with Crippen LogP contribution < -0.4 is 5.32 Å². The molecule has 0 spiro atoms. The number of benzene rings is 1. The van der Waals surface area contributed by atoms with Crippen LogP contribution in [0.15, 0.2) is 22.6 Å². The minimum absolute atomic E-state index is 0.0533. The van der Waals surface area contributed by atoms with Gasteiger partial charge in [-0.15, -0.1) is 0 Å². The lowest BCUT2D eigenvalue weighted by Gasteiger charge is -2.26. The van der Waals surface area contributed by atoms with Crippen molar-refractivity contribution in [1.29, 1.82) is 0 Å². The molecule has 1 aliphatic rings. The van der Waals surface area contributed by atoms with Gasteiger partial charge in [-0.25, -0.2) is 4.39 Å². The molecule has 122 valence electrons. The van der Waals surface area contributed by atoms with Gasteiger partial charge in [0.15, 0.2) is 5.76 Å². The fourth-order valence-electron chi connectivity index (χ4n) is 3.15. The van der Waals surface area contributed by atoms with Crippen LogP contribution in [0.2, 0.25) is 0 Å². The van der Waals surface area contributed by atoms with Crippen molar-refractivity contribution in [2.24, 2.45) is 5.92 Å². The standard InChI is InChI=1S/C17H18FNO4/c1-9-13-8-11(18)4-7-14(13)23-15(9)16(20)19-12-5-2-10(3-6-12)17(21)22/h4,7-8,10,12H,2-3,5-6H2,1H3,(H,19,20)(H,21,22). The predicted octanol–water partition coefficient (Wildman–Crippen LogP) is 3.25. The number of hydrogen-bond donors (Lipinski definition) is 2. The number of carboxylic acid groups (broad SMARTS) is 1. The highest BCUT2D eigenvalue weighted by Gasteiger charge is 2.28. The van der Waals surface area contributed by atoms with E-state index in [0.29, 0.717) is 42.2 Å². The number of carboxylic acids is 1. The Kier molecular flexibility index (Phi) is 4.07. The van der Waals surface area contributed by atoms with Crippen LogP contribution in [0, 0.1) is 18.7 Å². The van der Waals surface area contributed by atoms with Crippen molar-refractivity contribution in [2.45, 2.75) is 38.6 Å². The van der Waals surface area contributed by atoms with Gasteiger partial charge in [0, 0.05) is 17.0 Å². The Hall–Kier alpha value is -2.37. The Morgan fingerprint density at radius 2 is 1.96 bits per heavy atom. The van der Waals surface area contributed by atoms with Gasteiger partial charge in [-0.2, -0.15) is 0 Å². The number of carbonyl (C=O) groups excluding carboxylic acids is 1. The third-order valence-corrected chi connectivity index (χ3v) is 4.52. The monoisotopic (exact) mass is 319 g/mol. The first-order valence-corrected chi connectivity index (χ1v) is 7.68. The lowest BCUT2D eigenvalue weighted by molar-refractivity contribution is -0.142. The lowest BCUT2D eigenvalue weighted by Crippen LogP contribution is -2.38. The molecule has 23 heavy (non-hydrogen) atoms. The average Bonchev–Trinajstić information content (AvgIpc) is 2.85. The Labute approximate surface area is 132 Å². The van der Waals surface area contributed by atoms with E-state index >= 15 is 0 Å². The molecule has 0 bridgehead atoms. The molecule has 1 amide bonds. The maximum atomic E-state index is 13.3. The van der Waals surface area contributed by atoms with Gasteiger partial charge in [-0.3, -0.25) is 9.59 Å². The van der Waals surface area contributed by atoms with Gasteiger partial charge >= 0.3 is 5.97 Å². The summed E-state index contributed by atoms with van der Waals surface area (Å²) in [7, 11) is 0. The molecule has 2 aromatic rings. The van der Waals surface area contributed by atoms with Crippen molar-refractivity contribution in [3.63, 3.8) is 0 Å². The Bertz CT molecular complexity index is 759. The van der Waals surface area contributed by atoms with E-state index in [9.17, 15) is 14.0 Å². The Morgan fingerprint density at radius 1 is 1.26 bits per heavy atom. The summed E-state index contributed by atoms with van der Waals surface area (Å²) in [6.45, 7) is 1.72. The van der Waals surface area contributed by atoms with Gasteiger partial charge in [0.25, 0.3) is 5.91 Å². The SMILES string of the molecule is Cc1c(C(=O)NC2CCC(C(=O)O)CC2)oc2ccc(F)cc12. The first kappa shape index (κ1) is 15.5. The van der Waals surface area contributed by atoms with E-state index in [2.05, 4.69) is 5.32 Å². The summed E-state index contributed by atoms with van der Waals surface area (Å²) in [6.07, 6.45) is 2.39. The molecular formula is C17H18FNO4. The van der Waals surface area contributed by atoms with Crippen LogP contribution in [0.25, 0.3) is 11.0 Å². The molecule has 0 aliphatic heterocycles. The van der Waals surface area contributed by atoms with Crippen LogP contribution in [0.3, 0.4) is 0 Å². The van der Waals surface area contributed by atoms with Crippen molar-refractivity contribution in [1.82, 2.24) is 5.32 Å². The van der Waals surface area contributed by atoms with E-state index in [1.54, 1.807) is 6.92 Å². The van der Waals surface area contributed by atoms with Gasteiger partial charge in [-0.1, -0.05) is 0 Å². The maximum absolute atomic E-state index is 13.3. The summed E-state index contributed by atoms with van der Waals surface area (Å²) in [5, 5.41) is 12.5. The lowest BCUT2D eigenvalue weighted by atomic mass is 9.86. The zero-order chi connectivity index (χ0) is 16.6. The van der Waals surface area contributed by atoms with E-state index in [0.717, 1.165) is 0 Å². The largest absolute Gasteiger partial charge is 0.481 e. The van der Waals surface area contributed by atoms with Gasteiger partial charge in [0.2, 0.25) is 0 Å². The van der Waals surface area contributed by atoms with Crippen LogP contribution in [-0.4, -0.2) is 23.0 Å². The fraction of sp³-hybridized carbons (Fsp3) is 0.412. The van der Waals surface area contributed by atoms with E-state index in [4.69, 9.17) is 9.52 Å². The summed E-state index contributed by atoms with van der Waals surface area (Å²) in [5.41, 5.74) is 1.08. The second-order valence-corrected chi connectivity index (χ2v) is 6.06. The molecule has 6 heteroatoms. The molecule has 1 aromatic heterocycles. The van der Waals surface area contributed by atoms with Crippen molar-refractivity contribution < 1.29 is 23.5 Å². The summed E-state index contributed by atoms with van der Waals surface area (Å²) in [5.74, 6) is -1.62. The molecule has 1 aliphatic carbocycles. The molecule has 3 rings (SSSR count). The third-order valence-electron chi connectivity index (χ3n) is 4.52. The predicted molar refractivity (Wildman–Crippen MR) is 81.8 cm³/mol. The molecule has 1 fully saturated rings. The Balaban J connectivity index is 1.72. The number of rotatable bonds is 3. The van der Waals surface area contributed by atoms with Gasteiger partial charge in [0.05, 0.1) is 5.92 Å². The second kappa shape index (κ2) is 6.02. The van der Waals surface area contributed by atoms with Gasteiger partial charge in [-0.05, 0) is 50.8 Å². The second-order valence-electron chi connectivity index (χ2n) is 6.06. The van der Waals surface area contributed by atoms with E-state index in [-0.39, 0.29) is 29.4 Å². The maximum Gasteiger partial charge on any atom is 0.306 e. The van der Waals surface area contributed by atoms with E-state index < -0.39 is 5.97 Å². The topological polar surface area (TPSA) is 79.5 Å². The highest BCUT2D eigenvalue weighted by Crippen LogP contribution is 2.28. The normalized spacial score (nSPS) is 21.3. The molecule has 0 unspecified atom stereocenters. The summed E-state index contributed by atoms with van der Waals surface area (Å²) in [6, 6.07) is 4.10. The van der Waals surface area contributed by atoms with Crippen LogP contribution in [0.5, 0.6) is 0 Å². The first-order chi connectivity index (χ1) is 11.0. The summed E-state index contributed by atoms with van der Waals surface area (Å²) >= 11 is 0. The molecule has 0 atom stereocenters. The quantitative estimate of drug-likeness (QED) is 0.910. The van der Waals surface area contributed by atoms with E-state index in [1.165, 1.54) is 18.2 Å². The zero-order valence-electron chi connectivity index (χ0n) is 12.8. The average molecular weight is 319 g/mol. The number of hydrogen-bond acceptors (Lipinski definition) is 3. The number of aryl methyl sites for hydroxylation is 1. The van der Waals surface area contributed by atoms with Crippen molar-refractivity contribution in [2.75, 3.05) is 0 Å². The van der Waals surface area contributed by atoms with Crippen LogP contribution in [0.1, 0.15) is 41.8 Å². The molecule has 0 radical (unpaired) electrons. The number of furan rings is 1. The molecular weight excluding hydrogens is 301 g/mol.